The molecule has 1 saturated heterocycles. The van der Waals surface area contributed by atoms with Crippen molar-refractivity contribution in [2.45, 2.75) is 50.6 Å². The van der Waals surface area contributed by atoms with Gasteiger partial charge in [0.2, 0.25) is 11.5 Å². The summed E-state index contributed by atoms with van der Waals surface area (Å²) < 4.78 is 59.9. The first kappa shape index (κ1) is 29.7. The van der Waals surface area contributed by atoms with Crippen LogP contribution in [0, 0.1) is 5.82 Å². The van der Waals surface area contributed by atoms with Crippen molar-refractivity contribution in [3.8, 4) is 0 Å². The third-order valence-corrected chi connectivity index (χ3v) is 7.76. The van der Waals surface area contributed by atoms with Crippen LogP contribution in [0.1, 0.15) is 42.0 Å². The summed E-state index contributed by atoms with van der Waals surface area (Å²) >= 11 is 0. The number of allylic oxidation sites excluding steroid dienone is 4. The van der Waals surface area contributed by atoms with Crippen LogP contribution in [0.25, 0.3) is 5.57 Å². The minimum Gasteiger partial charge on any atom is -0.427 e. The normalized spacial score (nSPS) is 21.2. The van der Waals surface area contributed by atoms with Crippen LogP contribution >= 0.6 is 0 Å². The van der Waals surface area contributed by atoms with E-state index in [-0.39, 0.29) is 12.0 Å². The van der Waals surface area contributed by atoms with Gasteiger partial charge in [-0.05, 0) is 53.8 Å². The molecular formula is C30H26F4N4O5. The lowest BCUT2D eigenvalue weighted by Crippen LogP contribution is -2.51. The SMILES string of the molecule is CC(N(Cc1ccc(F)cc1)C(=O)CN1C(=O)O[C@@]2(CCc3cc(C4=CC=CC(=NC(N)=O)C4)ccc32)C1=O)C(F)(F)F. The van der Waals surface area contributed by atoms with Gasteiger partial charge in [0.25, 0.3) is 5.91 Å². The number of benzene rings is 2. The van der Waals surface area contributed by atoms with Gasteiger partial charge in [0, 0.05) is 24.9 Å². The molecule has 43 heavy (non-hydrogen) atoms. The molecule has 0 radical (unpaired) electrons. The van der Waals surface area contributed by atoms with E-state index >= 15 is 0 Å². The van der Waals surface area contributed by atoms with E-state index in [1.54, 1.807) is 24.3 Å². The number of aliphatic imine (C=N–C) groups is 1. The van der Waals surface area contributed by atoms with E-state index < -0.39 is 60.7 Å². The molecule has 1 unspecified atom stereocenters. The van der Waals surface area contributed by atoms with Gasteiger partial charge in [-0.1, -0.05) is 42.5 Å². The average molecular weight is 599 g/mol. The van der Waals surface area contributed by atoms with E-state index in [0.29, 0.717) is 33.9 Å². The summed E-state index contributed by atoms with van der Waals surface area (Å²) in [6.07, 6.45) is 0.0984. The number of aryl methyl sites for hydroxylation is 1. The molecule has 9 nitrogen and oxygen atoms in total. The number of hydrogen-bond acceptors (Lipinski definition) is 5. The van der Waals surface area contributed by atoms with Crippen molar-refractivity contribution >= 4 is 35.2 Å². The molecule has 2 atom stereocenters. The first-order valence-corrected chi connectivity index (χ1v) is 13.3. The molecule has 3 aliphatic rings. The van der Waals surface area contributed by atoms with Crippen molar-refractivity contribution < 1.29 is 41.5 Å². The topological polar surface area (TPSA) is 122 Å². The summed E-state index contributed by atoms with van der Waals surface area (Å²) in [5, 5.41) is 0. The Morgan fingerprint density at radius 2 is 1.88 bits per heavy atom. The molecule has 1 heterocycles. The number of alkyl halides is 3. The summed E-state index contributed by atoms with van der Waals surface area (Å²) in [6.45, 7) is -0.696. The number of halogens is 4. The minimum absolute atomic E-state index is 0.0899. The molecule has 0 saturated carbocycles. The van der Waals surface area contributed by atoms with Gasteiger partial charge in [0.1, 0.15) is 18.4 Å². The predicted molar refractivity (Wildman–Crippen MR) is 146 cm³/mol. The molecule has 2 aromatic carbocycles. The zero-order valence-electron chi connectivity index (χ0n) is 22.9. The molecule has 1 fully saturated rings. The van der Waals surface area contributed by atoms with Crippen LogP contribution in [0.5, 0.6) is 0 Å². The second kappa shape index (κ2) is 11.1. The Bertz CT molecular complexity index is 1600. The summed E-state index contributed by atoms with van der Waals surface area (Å²) in [5.74, 6) is -2.57. The van der Waals surface area contributed by atoms with Crippen molar-refractivity contribution in [3.63, 3.8) is 0 Å². The largest absolute Gasteiger partial charge is 0.427 e. The lowest BCUT2D eigenvalue weighted by molar-refractivity contribution is -0.187. The number of nitrogens with two attached hydrogens (primary N) is 1. The highest BCUT2D eigenvalue weighted by molar-refractivity contribution is 6.09. The van der Waals surface area contributed by atoms with Gasteiger partial charge in [-0.3, -0.25) is 9.59 Å². The number of ether oxygens (including phenoxy) is 1. The summed E-state index contributed by atoms with van der Waals surface area (Å²) in [4.78, 5) is 55.7. The Kier molecular flexibility index (Phi) is 7.67. The van der Waals surface area contributed by atoms with E-state index in [1.165, 1.54) is 12.1 Å². The molecule has 224 valence electrons. The molecule has 0 bridgehead atoms. The zero-order valence-corrected chi connectivity index (χ0v) is 22.9. The van der Waals surface area contributed by atoms with Crippen LogP contribution in [0.3, 0.4) is 0 Å². The molecule has 2 aliphatic carbocycles. The second-order valence-electron chi connectivity index (χ2n) is 10.5. The summed E-state index contributed by atoms with van der Waals surface area (Å²) in [5.41, 5.74) is 6.94. The fraction of sp³-hybridized carbons (Fsp3) is 0.300. The standard InChI is InChI=1S/C30H26F4N4O5/c1-17(30(32,33)34)37(15-18-5-8-22(31)9-6-18)25(39)16-38-26(40)29(43-28(38)42)12-11-21-13-20(7-10-24(21)29)19-3-2-4-23(14-19)36-27(35)41/h2-10,13,17H,11-12,14-16H2,1H3,(H2,35,41)/t17?,29-/m1/s1. The highest BCUT2D eigenvalue weighted by atomic mass is 19.4. The Labute approximate surface area is 243 Å². The number of imide groups is 1. The quantitative estimate of drug-likeness (QED) is 0.480. The molecule has 5 rings (SSSR count). The third kappa shape index (κ3) is 5.79. The van der Waals surface area contributed by atoms with E-state index in [1.807, 2.05) is 12.1 Å². The molecule has 1 aliphatic heterocycles. The van der Waals surface area contributed by atoms with Crippen molar-refractivity contribution in [2.75, 3.05) is 6.54 Å². The molecule has 1 spiro atoms. The highest BCUT2D eigenvalue weighted by Gasteiger charge is 2.58. The molecule has 5 amide bonds. The monoisotopic (exact) mass is 598 g/mol. The van der Waals surface area contributed by atoms with E-state index in [9.17, 15) is 36.7 Å². The Morgan fingerprint density at radius 1 is 1.16 bits per heavy atom. The van der Waals surface area contributed by atoms with Crippen molar-refractivity contribution in [1.29, 1.82) is 0 Å². The van der Waals surface area contributed by atoms with Crippen LogP contribution in [-0.4, -0.2) is 58.2 Å². The smallest absolute Gasteiger partial charge is 0.418 e. The zero-order chi connectivity index (χ0) is 31.1. The van der Waals surface area contributed by atoms with Gasteiger partial charge in [0.05, 0.1) is 5.71 Å². The van der Waals surface area contributed by atoms with Gasteiger partial charge in [-0.2, -0.15) is 18.2 Å². The van der Waals surface area contributed by atoms with Crippen LogP contribution in [0.2, 0.25) is 0 Å². The molecule has 2 N–H and O–H groups in total. The Balaban J connectivity index is 1.37. The van der Waals surface area contributed by atoms with Crippen LogP contribution < -0.4 is 5.73 Å². The van der Waals surface area contributed by atoms with Crippen molar-refractivity contribution in [1.82, 2.24) is 9.80 Å². The fourth-order valence-corrected chi connectivity index (χ4v) is 5.49. The number of fused-ring (bicyclic) bond motifs is 2. The van der Waals surface area contributed by atoms with E-state index in [2.05, 4.69) is 4.99 Å². The maximum Gasteiger partial charge on any atom is 0.418 e. The van der Waals surface area contributed by atoms with Crippen molar-refractivity contribution in [3.05, 3.63) is 88.8 Å². The lowest BCUT2D eigenvalue weighted by Gasteiger charge is -2.31. The van der Waals surface area contributed by atoms with Gasteiger partial charge >= 0.3 is 18.3 Å². The maximum atomic E-state index is 13.7. The third-order valence-electron chi connectivity index (χ3n) is 7.76. The first-order valence-electron chi connectivity index (χ1n) is 13.3. The van der Waals surface area contributed by atoms with Gasteiger partial charge in [-0.15, -0.1) is 0 Å². The van der Waals surface area contributed by atoms with Gasteiger partial charge in [-0.25, -0.2) is 18.9 Å². The van der Waals surface area contributed by atoms with Crippen LogP contribution in [-0.2, 0) is 32.9 Å². The summed E-state index contributed by atoms with van der Waals surface area (Å²) in [6, 6.07) is 6.74. The van der Waals surface area contributed by atoms with Crippen LogP contribution in [0.15, 0.2) is 65.7 Å². The number of hydrogen-bond donors (Lipinski definition) is 1. The average Bonchev–Trinajstić information content (AvgIpc) is 3.43. The number of carbonyl (C=O) groups excluding carboxylic acids is 4. The molecular weight excluding hydrogens is 572 g/mol. The highest BCUT2D eigenvalue weighted by Crippen LogP contribution is 2.46. The number of nitrogens with zero attached hydrogens (tertiary/aromatic N) is 3. The Morgan fingerprint density at radius 3 is 2.56 bits per heavy atom. The number of rotatable bonds is 6. The van der Waals surface area contributed by atoms with E-state index in [0.717, 1.165) is 35.8 Å². The molecule has 13 heteroatoms. The number of amides is 5. The maximum absolute atomic E-state index is 13.7. The van der Waals surface area contributed by atoms with Gasteiger partial charge < -0.3 is 15.4 Å². The van der Waals surface area contributed by atoms with E-state index in [4.69, 9.17) is 10.5 Å². The van der Waals surface area contributed by atoms with Crippen LogP contribution in [0.4, 0.5) is 27.2 Å². The number of primary amides is 1. The number of carbonyl (C=O) groups is 4. The first-order chi connectivity index (χ1) is 20.3. The minimum atomic E-state index is -4.80. The predicted octanol–water partition coefficient (Wildman–Crippen LogP) is 4.79. The van der Waals surface area contributed by atoms with Crippen molar-refractivity contribution in [2.24, 2.45) is 10.7 Å². The Hall–Kier alpha value is -4.81. The van der Waals surface area contributed by atoms with Gasteiger partial charge in [0.15, 0.2) is 0 Å². The number of urea groups is 1. The summed E-state index contributed by atoms with van der Waals surface area (Å²) in [7, 11) is 0. The fourth-order valence-electron chi connectivity index (χ4n) is 5.49. The second-order valence-corrected chi connectivity index (χ2v) is 10.5. The lowest BCUT2D eigenvalue weighted by atomic mass is 9.90. The molecule has 2 aromatic rings. The molecule has 0 aromatic heterocycles.